The van der Waals surface area contributed by atoms with Crippen LogP contribution in [0.25, 0.3) is 0 Å². The number of aliphatic hydroxyl groups excluding tert-OH is 1. The van der Waals surface area contributed by atoms with Gasteiger partial charge in [0.05, 0.1) is 17.5 Å². The zero-order chi connectivity index (χ0) is 12.3. The number of rotatable bonds is 4. The zero-order valence-corrected chi connectivity index (χ0v) is 10.6. The second-order valence-corrected chi connectivity index (χ2v) is 4.90. The maximum Gasteiger partial charge on any atom is 0.0970 e. The molecule has 0 aliphatic rings. The highest BCUT2D eigenvalue weighted by atomic mass is 35.5. The first-order valence-electron chi connectivity index (χ1n) is 5.16. The monoisotopic (exact) mass is 268 g/mol. The molecule has 2 rings (SSSR count). The smallest absolute Gasteiger partial charge is 0.0970 e. The van der Waals surface area contributed by atoms with Gasteiger partial charge >= 0.3 is 0 Å². The summed E-state index contributed by atoms with van der Waals surface area (Å²) in [6.07, 6.45) is -0.542. The Morgan fingerprint density at radius 3 is 2.94 bits per heavy atom. The standard InChI is InChI=1S/C12H13ClN2OS/c13-9-1-2-10(14)11(5-9)15-6-12(16)8-3-4-17-7-8/h1-5,7,12,15-16H,6,14H2. The molecule has 0 saturated carbocycles. The van der Waals surface area contributed by atoms with E-state index in [2.05, 4.69) is 5.32 Å². The van der Waals surface area contributed by atoms with Crippen LogP contribution in [-0.2, 0) is 0 Å². The number of anilines is 2. The van der Waals surface area contributed by atoms with Crippen molar-refractivity contribution >= 4 is 34.3 Å². The second kappa shape index (κ2) is 5.40. The zero-order valence-electron chi connectivity index (χ0n) is 9.06. The summed E-state index contributed by atoms with van der Waals surface area (Å²) in [7, 11) is 0. The van der Waals surface area contributed by atoms with Crippen molar-refractivity contribution in [2.24, 2.45) is 0 Å². The van der Waals surface area contributed by atoms with Crippen LogP contribution in [0, 0.1) is 0 Å². The number of thiophene rings is 1. The van der Waals surface area contributed by atoms with E-state index in [9.17, 15) is 5.11 Å². The number of hydrogen-bond acceptors (Lipinski definition) is 4. The average molecular weight is 269 g/mol. The first-order valence-corrected chi connectivity index (χ1v) is 6.48. The molecule has 17 heavy (non-hydrogen) atoms. The van der Waals surface area contributed by atoms with E-state index in [-0.39, 0.29) is 0 Å². The lowest BCUT2D eigenvalue weighted by atomic mass is 10.2. The first-order chi connectivity index (χ1) is 8.16. The lowest BCUT2D eigenvalue weighted by Gasteiger charge is -2.13. The van der Waals surface area contributed by atoms with Crippen LogP contribution in [0.4, 0.5) is 11.4 Å². The molecule has 0 amide bonds. The summed E-state index contributed by atoms with van der Waals surface area (Å²) in [4.78, 5) is 0. The molecule has 1 atom stereocenters. The molecular weight excluding hydrogens is 256 g/mol. The van der Waals surface area contributed by atoms with Crippen LogP contribution in [0.1, 0.15) is 11.7 Å². The molecule has 0 aliphatic carbocycles. The normalized spacial score (nSPS) is 12.4. The molecule has 2 aromatic rings. The van der Waals surface area contributed by atoms with Gasteiger partial charge in [0.2, 0.25) is 0 Å². The van der Waals surface area contributed by atoms with Crippen molar-refractivity contribution in [2.45, 2.75) is 6.10 Å². The Labute approximate surface area is 109 Å². The molecule has 3 nitrogen and oxygen atoms in total. The molecule has 1 aromatic heterocycles. The van der Waals surface area contributed by atoms with Crippen LogP contribution < -0.4 is 11.1 Å². The van der Waals surface area contributed by atoms with Gasteiger partial charge in [-0.3, -0.25) is 0 Å². The quantitative estimate of drug-likeness (QED) is 0.747. The molecule has 0 radical (unpaired) electrons. The lowest BCUT2D eigenvalue weighted by molar-refractivity contribution is 0.192. The van der Waals surface area contributed by atoms with E-state index in [1.165, 1.54) is 0 Å². The highest BCUT2D eigenvalue weighted by Crippen LogP contribution is 2.24. The van der Waals surface area contributed by atoms with Gasteiger partial charge in [-0.25, -0.2) is 0 Å². The van der Waals surface area contributed by atoms with Gasteiger partial charge < -0.3 is 16.2 Å². The molecule has 0 bridgehead atoms. The number of nitrogens with one attached hydrogen (secondary N) is 1. The first kappa shape index (κ1) is 12.2. The molecule has 0 saturated heterocycles. The van der Waals surface area contributed by atoms with Gasteiger partial charge in [-0.2, -0.15) is 11.3 Å². The van der Waals surface area contributed by atoms with Crippen molar-refractivity contribution in [3.8, 4) is 0 Å². The summed E-state index contributed by atoms with van der Waals surface area (Å²) in [5.74, 6) is 0. The summed E-state index contributed by atoms with van der Waals surface area (Å²) >= 11 is 7.44. The summed E-state index contributed by atoms with van der Waals surface area (Å²) in [5.41, 5.74) is 8.06. The van der Waals surface area contributed by atoms with E-state index in [1.807, 2.05) is 16.8 Å². The van der Waals surface area contributed by atoms with Crippen molar-refractivity contribution < 1.29 is 5.11 Å². The van der Waals surface area contributed by atoms with E-state index < -0.39 is 6.10 Å². The summed E-state index contributed by atoms with van der Waals surface area (Å²) in [6, 6.07) is 7.12. The molecule has 5 heteroatoms. The number of aliphatic hydroxyl groups is 1. The van der Waals surface area contributed by atoms with Crippen molar-refractivity contribution in [1.29, 1.82) is 0 Å². The van der Waals surface area contributed by atoms with Gasteiger partial charge in [0.25, 0.3) is 0 Å². The minimum absolute atomic E-state index is 0.404. The molecule has 1 unspecified atom stereocenters. The third-order valence-corrected chi connectivity index (χ3v) is 3.37. The highest BCUT2D eigenvalue weighted by molar-refractivity contribution is 7.07. The van der Waals surface area contributed by atoms with E-state index in [1.54, 1.807) is 29.5 Å². The SMILES string of the molecule is Nc1ccc(Cl)cc1NCC(O)c1ccsc1. The van der Waals surface area contributed by atoms with Crippen LogP contribution in [0.15, 0.2) is 35.0 Å². The Kier molecular flexibility index (Phi) is 3.89. The molecule has 1 aromatic carbocycles. The van der Waals surface area contributed by atoms with Crippen molar-refractivity contribution in [2.75, 3.05) is 17.6 Å². The molecule has 0 fully saturated rings. The third kappa shape index (κ3) is 3.12. The maximum absolute atomic E-state index is 9.90. The van der Waals surface area contributed by atoms with Gasteiger partial charge in [0.1, 0.15) is 0 Å². The molecule has 0 spiro atoms. The number of nitrogens with two attached hydrogens (primary N) is 1. The molecule has 0 aliphatic heterocycles. The van der Waals surface area contributed by atoms with Gasteiger partial charge in [-0.1, -0.05) is 11.6 Å². The molecule has 1 heterocycles. The Morgan fingerprint density at radius 2 is 2.24 bits per heavy atom. The Morgan fingerprint density at radius 1 is 1.41 bits per heavy atom. The summed E-state index contributed by atoms with van der Waals surface area (Å²) < 4.78 is 0. The third-order valence-electron chi connectivity index (χ3n) is 2.43. The maximum atomic E-state index is 9.90. The lowest BCUT2D eigenvalue weighted by Crippen LogP contribution is -2.12. The number of nitrogen functional groups attached to an aromatic ring is 1. The van der Waals surface area contributed by atoms with Crippen LogP contribution >= 0.6 is 22.9 Å². The minimum Gasteiger partial charge on any atom is -0.397 e. The van der Waals surface area contributed by atoms with Crippen molar-refractivity contribution in [3.05, 3.63) is 45.6 Å². The summed E-state index contributed by atoms with van der Waals surface area (Å²) in [6.45, 7) is 0.404. The average Bonchev–Trinajstić information content (AvgIpc) is 2.83. The predicted octanol–water partition coefficient (Wildman–Crippen LogP) is 3.13. The van der Waals surface area contributed by atoms with Crippen LogP contribution in [0.2, 0.25) is 5.02 Å². The second-order valence-electron chi connectivity index (χ2n) is 3.68. The topological polar surface area (TPSA) is 58.3 Å². The van der Waals surface area contributed by atoms with Crippen molar-refractivity contribution in [1.82, 2.24) is 0 Å². The Balaban J connectivity index is 2.00. The minimum atomic E-state index is -0.542. The van der Waals surface area contributed by atoms with Gasteiger partial charge in [0.15, 0.2) is 0 Å². The van der Waals surface area contributed by atoms with E-state index >= 15 is 0 Å². The van der Waals surface area contributed by atoms with Crippen LogP contribution in [-0.4, -0.2) is 11.7 Å². The van der Waals surface area contributed by atoms with Crippen LogP contribution in [0.5, 0.6) is 0 Å². The predicted molar refractivity (Wildman–Crippen MR) is 73.6 cm³/mol. The van der Waals surface area contributed by atoms with E-state index in [0.29, 0.717) is 17.3 Å². The molecule has 90 valence electrons. The Hall–Kier alpha value is -1.23. The van der Waals surface area contributed by atoms with Crippen molar-refractivity contribution in [3.63, 3.8) is 0 Å². The fraction of sp³-hybridized carbons (Fsp3) is 0.167. The highest BCUT2D eigenvalue weighted by Gasteiger charge is 2.08. The largest absolute Gasteiger partial charge is 0.397 e. The fourth-order valence-electron chi connectivity index (χ4n) is 1.47. The van der Waals surface area contributed by atoms with Gasteiger partial charge in [0, 0.05) is 11.6 Å². The Bertz CT molecular complexity index is 487. The van der Waals surface area contributed by atoms with Crippen LogP contribution in [0.3, 0.4) is 0 Å². The number of halogens is 1. The van der Waals surface area contributed by atoms with Gasteiger partial charge in [-0.15, -0.1) is 0 Å². The summed E-state index contributed by atoms with van der Waals surface area (Å²) in [5, 5.41) is 17.5. The number of hydrogen-bond donors (Lipinski definition) is 3. The fourth-order valence-corrected chi connectivity index (χ4v) is 2.35. The number of benzene rings is 1. The van der Waals surface area contributed by atoms with E-state index in [4.69, 9.17) is 17.3 Å². The molecule has 4 N–H and O–H groups in total. The van der Waals surface area contributed by atoms with E-state index in [0.717, 1.165) is 11.3 Å². The molecular formula is C12H13ClN2OS. The van der Waals surface area contributed by atoms with Gasteiger partial charge in [-0.05, 0) is 40.6 Å².